The Morgan fingerprint density at radius 2 is 2.32 bits per heavy atom. The zero-order valence-electron chi connectivity index (χ0n) is 12.8. The molecule has 1 heterocycles. The first-order valence-electron chi connectivity index (χ1n) is 7.39. The lowest BCUT2D eigenvalue weighted by Gasteiger charge is -2.17. The van der Waals surface area contributed by atoms with Gasteiger partial charge in [-0.15, -0.1) is 0 Å². The van der Waals surface area contributed by atoms with Crippen LogP contribution < -0.4 is 15.8 Å². The summed E-state index contributed by atoms with van der Waals surface area (Å²) in [6.45, 7) is 5.19. The lowest BCUT2D eigenvalue weighted by Crippen LogP contribution is -2.30. The van der Waals surface area contributed by atoms with Crippen LogP contribution >= 0.6 is 11.6 Å². The maximum Gasteiger partial charge on any atom is 0.193 e. The average Bonchev–Trinajstić information content (AvgIpc) is 2.76. The van der Waals surface area contributed by atoms with Crippen LogP contribution in [-0.4, -0.2) is 57.4 Å². The number of nitrogens with zero attached hydrogens (tertiary/aromatic N) is 2. The maximum atomic E-state index is 6.07. The quantitative estimate of drug-likeness (QED) is 0.637. The van der Waals surface area contributed by atoms with Gasteiger partial charge in [0, 0.05) is 31.9 Å². The smallest absolute Gasteiger partial charge is 0.193 e. The normalized spacial score (nSPS) is 17.1. The zero-order chi connectivity index (χ0) is 15.8. The van der Waals surface area contributed by atoms with Gasteiger partial charge >= 0.3 is 0 Å². The Labute approximate surface area is 136 Å². The monoisotopic (exact) mass is 326 g/mol. The lowest BCUT2D eigenvalue weighted by molar-refractivity contribution is 0.142. The predicted molar refractivity (Wildman–Crippen MR) is 90.0 cm³/mol. The van der Waals surface area contributed by atoms with Crippen LogP contribution in [0.1, 0.15) is 6.42 Å². The maximum absolute atomic E-state index is 6.07. The third kappa shape index (κ3) is 5.36. The number of nitrogens with two attached hydrogens (primary N) is 1. The fourth-order valence-corrected chi connectivity index (χ4v) is 2.52. The van der Waals surface area contributed by atoms with Gasteiger partial charge in [0.05, 0.1) is 25.3 Å². The largest absolute Gasteiger partial charge is 0.495 e. The topological polar surface area (TPSA) is 72.1 Å². The van der Waals surface area contributed by atoms with E-state index in [1.807, 2.05) is 6.07 Å². The molecule has 1 fully saturated rings. The van der Waals surface area contributed by atoms with Gasteiger partial charge in [0.25, 0.3) is 0 Å². The fraction of sp³-hybridized carbons (Fsp3) is 0.533. The number of hydrogen-bond donors (Lipinski definition) is 2. The Balaban J connectivity index is 1.80. The average molecular weight is 327 g/mol. The Hall–Kier alpha value is -1.50. The van der Waals surface area contributed by atoms with Crippen molar-refractivity contribution < 1.29 is 9.47 Å². The van der Waals surface area contributed by atoms with Crippen molar-refractivity contribution in [1.82, 2.24) is 4.90 Å². The molecular weight excluding hydrogens is 304 g/mol. The molecule has 1 saturated heterocycles. The van der Waals surface area contributed by atoms with Crippen molar-refractivity contribution in [2.45, 2.75) is 6.42 Å². The van der Waals surface area contributed by atoms with Crippen molar-refractivity contribution in [3.05, 3.63) is 23.2 Å². The molecule has 0 saturated carbocycles. The third-order valence-electron chi connectivity index (χ3n) is 3.44. The molecule has 0 aromatic heterocycles. The minimum absolute atomic E-state index is 0.382. The third-order valence-corrected chi connectivity index (χ3v) is 3.73. The van der Waals surface area contributed by atoms with E-state index in [1.54, 1.807) is 19.2 Å². The molecule has 1 aliphatic heterocycles. The van der Waals surface area contributed by atoms with E-state index in [-0.39, 0.29) is 0 Å². The zero-order valence-corrected chi connectivity index (χ0v) is 13.6. The van der Waals surface area contributed by atoms with Crippen LogP contribution in [-0.2, 0) is 4.74 Å². The first-order chi connectivity index (χ1) is 10.7. The van der Waals surface area contributed by atoms with Gasteiger partial charge in [-0.1, -0.05) is 11.6 Å². The van der Waals surface area contributed by atoms with Gasteiger partial charge in [0.2, 0.25) is 0 Å². The van der Waals surface area contributed by atoms with Crippen LogP contribution in [0.3, 0.4) is 0 Å². The fourth-order valence-electron chi connectivity index (χ4n) is 2.26. The second-order valence-corrected chi connectivity index (χ2v) is 5.46. The van der Waals surface area contributed by atoms with Gasteiger partial charge in [0.15, 0.2) is 5.96 Å². The highest BCUT2D eigenvalue weighted by molar-refractivity contribution is 6.32. The molecule has 0 bridgehead atoms. The molecule has 1 aromatic carbocycles. The molecule has 0 spiro atoms. The van der Waals surface area contributed by atoms with E-state index in [0.29, 0.717) is 23.3 Å². The number of nitrogens with one attached hydrogen (secondary N) is 1. The summed E-state index contributed by atoms with van der Waals surface area (Å²) >= 11 is 6.07. The molecule has 22 heavy (non-hydrogen) atoms. The van der Waals surface area contributed by atoms with Gasteiger partial charge in [-0.05, 0) is 24.6 Å². The summed E-state index contributed by atoms with van der Waals surface area (Å²) < 4.78 is 10.5. The highest BCUT2D eigenvalue weighted by Crippen LogP contribution is 2.26. The SMILES string of the molecule is COc1ccc(NC(N)=NCCN2CCCOCC2)cc1Cl. The highest BCUT2D eigenvalue weighted by Gasteiger charge is 2.08. The van der Waals surface area contributed by atoms with Crippen LogP contribution in [0.25, 0.3) is 0 Å². The van der Waals surface area contributed by atoms with E-state index in [0.717, 1.165) is 45.0 Å². The summed E-state index contributed by atoms with van der Waals surface area (Å²) in [5, 5.41) is 3.56. The van der Waals surface area contributed by atoms with E-state index in [2.05, 4.69) is 15.2 Å². The first kappa shape index (κ1) is 16.9. The van der Waals surface area contributed by atoms with E-state index in [9.17, 15) is 0 Å². The molecule has 0 unspecified atom stereocenters. The molecule has 2 rings (SSSR count). The number of halogens is 1. The van der Waals surface area contributed by atoms with E-state index >= 15 is 0 Å². The number of ether oxygens (including phenoxy) is 2. The van der Waals surface area contributed by atoms with Gasteiger partial charge < -0.3 is 20.5 Å². The Morgan fingerprint density at radius 1 is 1.45 bits per heavy atom. The molecule has 6 nitrogen and oxygen atoms in total. The standard InChI is InChI=1S/C15H23ClN4O2/c1-21-14-4-3-12(11-13(14)16)19-15(17)18-5-7-20-6-2-9-22-10-8-20/h3-4,11H,2,5-10H2,1H3,(H3,17,18,19). The van der Waals surface area contributed by atoms with Crippen molar-refractivity contribution in [2.75, 3.05) is 51.8 Å². The molecule has 0 atom stereocenters. The molecule has 0 aliphatic carbocycles. The summed E-state index contributed by atoms with van der Waals surface area (Å²) in [6.07, 6.45) is 1.07. The second kappa shape index (κ2) is 8.82. The summed E-state index contributed by atoms with van der Waals surface area (Å²) in [6, 6.07) is 5.39. The van der Waals surface area contributed by atoms with Crippen molar-refractivity contribution in [1.29, 1.82) is 0 Å². The number of guanidine groups is 1. The summed E-state index contributed by atoms with van der Waals surface area (Å²) in [7, 11) is 1.58. The molecular formula is C15H23ClN4O2. The number of benzene rings is 1. The Bertz CT molecular complexity index is 502. The van der Waals surface area contributed by atoms with Crippen molar-refractivity contribution >= 4 is 23.2 Å². The number of aliphatic imine (C=N–C) groups is 1. The van der Waals surface area contributed by atoms with E-state index in [1.165, 1.54) is 0 Å². The Kier molecular flexibility index (Phi) is 6.76. The molecule has 3 N–H and O–H groups in total. The van der Waals surface area contributed by atoms with Crippen molar-refractivity contribution in [3.63, 3.8) is 0 Å². The van der Waals surface area contributed by atoms with Gasteiger partial charge in [-0.25, -0.2) is 0 Å². The van der Waals surface area contributed by atoms with Crippen LogP contribution in [0.15, 0.2) is 23.2 Å². The molecule has 1 aromatic rings. The van der Waals surface area contributed by atoms with E-state index < -0.39 is 0 Å². The summed E-state index contributed by atoms with van der Waals surface area (Å²) in [5.41, 5.74) is 6.68. The molecule has 0 amide bonds. The molecule has 1 aliphatic rings. The van der Waals surface area contributed by atoms with Crippen molar-refractivity contribution in [3.8, 4) is 5.75 Å². The highest BCUT2D eigenvalue weighted by atomic mass is 35.5. The predicted octanol–water partition coefficient (Wildman–Crippen LogP) is 1.80. The van der Waals surface area contributed by atoms with Crippen LogP contribution in [0.4, 0.5) is 5.69 Å². The van der Waals surface area contributed by atoms with Gasteiger partial charge in [-0.2, -0.15) is 0 Å². The molecule has 7 heteroatoms. The van der Waals surface area contributed by atoms with Crippen LogP contribution in [0.2, 0.25) is 5.02 Å². The van der Waals surface area contributed by atoms with E-state index in [4.69, 9.17) is 26.8 Å². The number of anilines is 1. The summed E-state index contributed by atoms with van der Waals surface area (Å²) in [4.78, 5) is 6.68. The minimum Gasteiger partial charge on any atom is -0.495 e. The second-order valence-electron chi connectivity index (χ2n) is 5.05. The Morgan fingerprint density at radius 3 is 3.09 bits per heavy atom. The number of hydrogen-bond acceptors (Lipinski definition) is 4. The van der Waals surface area contributed by atoms with Crippen LogP contribution in [0, 0.1) is 0 Å². The molecule has 0 radical (unpaired) electrons. The summed E-state index contributed by atoms with van der Waals surface area (Å²) in [5.74, 6) is 1.01. The van der Waals surface area contributed by atoms with Gasteiger partial charge in [0.1, 0.15) is 5.75 Å². The van der Waals surface area contributed by atoms with Crippen molar-refractivity contribution in [2.24, 2.45) is 10.7 Å². The van der Waals surface area contributed by atoms with Crippen LogP contribution in [0.5, 0.6) is 5.75 Å². The minimum atomic E-state index is 0.382. The number of rotatable bonds is 5. The lowest BCUT2D eigenvalue weighted by atomic mass is 10.3. The number of methoxy groups -OCH3 is 1. The first-order valence-corrected chi connectivity index (χ1v) is 7.77. The molecule has 122 valence electrons. The van der Waals surface area contributed by atoms with Gasteiger partial charge in [-0.3, -0.25) is 9.89 Å².